The summed E-state index contributed by atoms with van der Waals surface area (Å²) >= 11 is 0. The third-order valence-corrected chi connectivity index (χ3v) is 5.66. The molecule has 0 saturated heterocycles. The molecule has 1 unspecified atom stereocenters. The first-order valence-corrected chi connectivity index (χ1v) is 10.7. The highest BCUT2D eigenvalue weighted by Gasteiger charge is 2.14. The second kappa shape index (κ2) is 7.93. The Bertz CT molecular complexity index is 1620. The van der Waals surface area contributed by atoms with Crippen LogP contribution < -0.4 is 11.1 Å². The number of imidazole rings is 2. The van der Waals surface area contributed by atoms with Gasteiger partial charge in [-0.15, -0.1) is 0 Å². The van der Waals surface area contributed by atoms with Crippen molar-refractivity contribution < 1.29 is 0 Å². The molecule has 1 atom stereocenters. The van der Waals surface area contributed by atoms with Crippen LogP contribution in [0.15, 0.2) is 73.4 Å². The molecule has 0 saturated carbocycles. The normalized spacial score (nSPS) is 12.3. The number of H-pyrrole nitrogens is 1. The van der Waals surface area contributed by atoms with E-state index in [1.165, 1.54) is 0 Å². The number of aromatic nitrogens is 8. The molecule has 6 aromatic rings. The molecule has 0 spiro atoms. The van der Waals surface area contributed by atoms with E-state index < -0.39 is 0 Å². The van der Waals surface area contributed by atoms with Crippen LogP contribution in [0.4, 0.5) is 11.9 Å². The zero-order valence-corrected chi connectivity index (χ0v) is 18.2. The SMILES string of the molecule is CC(Nc1nccc(-n2cnc3cc(-c4nc(N)nc5nc[nH]c45)ccc32)n1)c1ccccc1. The summed E-state index contributed by atoms with van der Waals surface area (Å²) in [5, 5.41) is 3.37. The number of nitrogen functional groups attached to an aromatic ring is 1. The smallest absolute Gasteiger partial charge is 0.225 e. The molecule has 0 bridgehead atoms. The third kappa shape index (κ3) is 3.47. The van der Waals surface area contributed by atoms with Crippen molar-refractivity contribution >= 4 is 34.1 Å². The quantitative estimate of drug-likeness (QED) is 0.361. The first-order chi connectivity index (χ1) is 16.7. The van der Waals surface area contributed by atoms with Gasteiger partial charge < -0.3 is 16.0 Å². The number of hydrogen-bond donors (Lipinski definition) is 3. The summed E-state index contributed by atoms with van der Waals surface area (Å²) in [5.41, 5.74) is 11.6. The molecule has 34 heavy (non-hydrogen) atoms. The van der Waals surface area contributed by atoms with Gasteiger partial charge in [0, 0.05) is 11.8 Å². The van der Waals surface area contributed by atoms with E-state index >= 15 is 0 Å². The lowest BCUT2D eigenvalue weighted by atomic mass is 10.1. The maximum absolute atomic E-state index is 5.88. The average molecular weight is 448 g/mol. The highest BCUT2D eigenvalue weighted by atomic mass is 15.2. The summed E-state index contributed by atoms with van der Waals surface area (Å²) < 4.78 is 1.93. The minimum Gasteiger partial charge on any atom is -0.368 e. The van der Waals surface area contributed by atoms with Gasteiger partial charge in [-0.25, -0.2) is 19.9 Å². The van der Waals surface area contributed by atoms with Gasteiger partial charge in [-0.2, -0.15) is 9.97 Å². The predicted molar refractivity (Wildman–Crippen MR) is 130 cm³/mol. The Morgan fingerprint density at radius 2 is 1.85 bits per heavy atom. The van der Waals surface area contributed by atoms with Crippen LogP contribution in [-0.2, 0) is 0 Å². The number of aromatic amines is 1. The van der Waals surface area contributed by atoms with Crippen LogP contribution in [-0.4, -0.2) is 39.5 Å². The fraction of sp³-hybridized carbons (Fsp3) is 0.0833. The molecule has 0 aliphatic rings. The first kappa shape index (κ1) is 19.8. The zero-order chi connectivity index (χ0) is 23.1. The van der Waals surface area contributed by atoms with E-state index in [0.717, 1.165) is 33.5 Å². The van der Waals surface area contributed by atoms with Crippen LogP contribution in [0.5, 0.6) is 0 Å². The minimum atomic E-state index is 0.0677. The number of rotatable bonds is 5. The van der Waals surface area contributed by atoms with E-state index in [2.05, 4.69) is 54.3 Å². The summed E-state index contributed by atoms with van der Waals surface area (Å²) in [4.78, 5) is 29.5. The fourth-order valence-corrected chi connectivity index (χ4v) is 3.97. The molecule has 0 fully saturated rings. The van der Waals surface area contributed by atoms with Gasteiger partial charge >= 0.3 is 0 Å². The molecule has 2 aromatic carbocycles. The highest BCUT2D eigenvalue weighted by molar-refractivity contribution is 5.91. The number of nitrogens with zero attached hydrogens (tertiary/aromatic N) is 7. The number of benzene rings is 2. The second-order valence-electron chi connectivity index (χ2n) is 7.86. The molecule has 6 rings (SSSR count). The fourth-order valence-electron chi connectivity index (χ4n) is 3.97. The summed E-state index contributed by atoms with van der Waals surface area (Å²) in [7, 11) is 0. The van der Waals surface area contributed by atoms with Crippen LogP contribution in [0.1, 0.15) is 18.5 Å². The molecule has 4 aromatic heterocycles. The van der Waals surface area contributed by atoms with Crippen molar-refractivity contribution in [1.29, 1.82) is 0 Å². The van der Waals surface area contributed by atoms with Gasteiger partial charge in [0.2, 0.25) is 11.9 Å². The maximum atomic E-state index is 5.88. The van der Waals surface area contributed by atoms with Crippen molar-refractivity contribution in [3.05, 3.63) is 79.0 Å². The van der Waals surface area contributed by atoms with Crippen LogP contribution in [0.2, 0.25) is 0 Å². The van der Waals surface area contributed by atoms with Crippen molar-refractivity contribution in [2.75, 3.05) is 11.1 Å². The topological polar surface area (TPSA) is 136 Å². The van der Waals surface area contributed by atoms with E-state index in [-0.39, 0.29) is 12.0 Å². The van der Waals surface area contributed by atoms with Crippen LogP contribution in [0.3, 0.4) is 0 Å². The van der Waals surface area contributed by atoms with Crippen LogP contribution in [0, 0.1) is 0 Å². The summed E-state index contributed by atoms with van der Waals surface area (Å²) in [5.74, 6) is 1.44. The van der Waals surface area contributed by atoms with Crippen molar-refractivity contribution in [2.24, 2.45) is 0 Å². The second-order valence-corrected chi connectivity index (χ2v) is 7.86. The molecule has 4 heterocycles. The van der Waals surface area contributed by atoms with Gasteiger partial charge in [-0.3, -0.25) is 4.57 Å². The van der Waals surface area contributed by atoms with Gasteiger partial charge in [0.25, 0.3) is 0 Å². The molecular formula is C24H20N10. The van der Waals surface area contributed by atoms with E-state index in [1.807, 2.05) is 47.0 Å². The molecule has 10 heteroatoms. The Kier molecular flexibility index (Phi) is 4.61. The molecule has 166 valence electrons. The van der Waals surface area contributed by atoms with Crippen LogP contribution in [0.25, 0.3) is 39.3 Å². The number of fused-ring (bicyclic) bond motifs is 2. The predicted octanol–water partition coefficient (Wildman–Crippen LogP) is 3.90. The van der Waals surface area contributed by atoms with Crippen molar-refractivity contribution in [2.45, 2.75) is 13.0 Å². The number of nitrogens with one attached hydrogen (secondary N) is 2. The standard InChI is InChI=1S/C24H20N10/c1-14(15-5-3-2-4-6-15)30-24-26-10-9-19(31-24)34-13-29-17-11-16(7-8-18(17)34)20-21-22(28-12-27-21)33-23(25)32-20/h2-14H,1H3,(H,26,30,31)(H3,25,27,28,32,33). The van der Waals surface area contributed by atoms with Crippen molar-refractivity contribution in [3.8, 4) is 17.1 Å². The largest absolute Gasteiger partial charge is 0.368 e. The Morgan fingerprint density at radius 3 is 2.74 bits per heavy atom. The van der Waals surface area contributed by atoms with Gasteiger partial charge in [0.05, 0.1) is 23.4 Å². The monoisotopic (exact) mass is 448 g/mol. The Hall–Kier alpha value is -4.86. The van der Waals surface area contributed by atoms with Crippen molar-refractivity contribution in [1.82, 2.24) is 39.5 Å². The lowest BCUT2D eigenvalue weighted by Crippen LogP contribution is -2.10. The molecule has 0 amide bonds. The van der Waals surface area contributed by atoms with Gasteiger partial charge in [0.1, 0.15) is 23.4 Å². The molecule has 4 N–H and O–H groups in total. The van der Waals surface area contributed by atoms with E-state index in [4.69, 9.17) is 10.7 Å². The summed E-state index contributed by atoms with van der Waals surface area (Å²) in [6.45, 7) is 2.08. The highest BCUT2D eigenvalue weighted by Crippen LogP contribution is 2.28. The maximum Gasteiger partial charge on any atom is 0.225 e. The summed E-state index contributed by atoms with van der Waals surface area (Å²) in [6.07, 6.45) is 5.07. The van der Waals surface area contributed by atoms with E-state index in [1.54, 1.807) is 18.9 Å². The molecule has 0 aliphatic carbocycles. The summed E-state index contributed by atoms with van der Waals surface area (Å²) in [6, 6.07) is 18.0. The van der Waals surface area contributed by atoms with Crippen LogP contribution >= 0.6 is 0 Å². The van der Waals surface area contributed by atoms with E-state index in [9.17, 15) is 0 Å². The van der Waals surface area contributed by atoms with E-state index in [0.29, 0.717) is 17.3 Å². The number of hydrogen-bond acceptors (Lipinski definition) is 8. The van der Waals surface area contributed by atoms with Crippen molar-refractivity contribution in [3.63, 3.8) is 0 Å². The Balaban J connectivity index is 1.34. The first-order valence-electron chi connectivity index (χ1n) is 10.7. The lowest BCUT2D eigenvalue weighted by Gasteiger charge is -2.14. The molecule has 0 radical (unpaired) electrons. The average Bonchev–Trinajstić information content (AvgIpc) is 3.51. The zero-order valence-electron chi connectivity index (χ0n) is 18.2. The van der Waals surface area contributed by atoms with Gasteiger partial charge in [-0.05, 0) is 30.7 Å². The number of anilines is 2. The Labute approximate surface area is 194 Å². The molecule has 0 aliphatic heterocycles. The third-order valence-electron chi connectivity index (χ3n) is 5.66. The lowest BCUT2D eigenvalue weighted by molar-refractivity contribution is 0.854. The Morgan fingerprint density at radius 1 is 0.971 bits per heavy atom. The molecular weight excluding hydrogens is 428 g/mol. The van der Waals surface area contributed by atoms with Gasteiger partial charge in [-0.1, -0.05) is 36.4 Å². The minimum absolute atomic E-state index is 0.0677. The van der Waals surface area contributed by atoms with Gasteiger partial charge in [0.15, 0.2) is 5.65 Å². The number of nitrogens with two attached hydrogens (primary N) is 1. The molecule has 10 nitrogen and oxygen atoms in total.